The number of aromatic nitrogens is 4. The van der Waals surface area contributed by atoms with Crippen molar-refractivity contribution in [2.45, 2.75) is 37.8 Å². The monoisotopic (exact) mass is 392 g/mol. The van der Waals surface area contributed by atoms with Crippen LogP contribution in [0.15, 0.2) is 23.0 Å². The van der Waals surface area contributed by atoms with Crippen molar-refractivity contribution in [1.82, 2.24) is 19.5 Å². The van der Waals surface area contributed by atoms with Crippen LogP contribution in [0.25, 0.3) is 11.2 Å². The minimum Gasteiger partial charge on any atom is -0.397 e. The van der Waals surface area contributed by atoms with Gasteiger partial charge in [-0.05, 0) is 43.9 Å². The van der Waals surface area contributed by atoms with Crippen LogP contribution in [0.4, 0.5) is 21.7 Å². The quantitative estimate of drug-likeness (QED) is 0.401. The molecule has 1 aliphatic carbocycles. The Hall–Kier alpha value is -2.65. The van der Waals surface area contributed by atoms with Crippen LogP contribution in [0, 0.1) is 5.82 Å². The molecule has 5 N–H and O–H groups in total. The number of halogens is 2. The lowest BCUT2D eigenvalue weighted by Crippen LogP contribution is -2.27. The summed E-state index contributed by atoms with van der Waals surface area (Å²) >= 11 is 6.23. The van der Waals surface area contributed by atoms with Crippen LogP contribution in [0.5, 0.6) is 0 Å². The second-order valence-corrected chi connectivity index (χ2v) is 7.01. The number of anilines is 3. The van der Waals surface area contributed by atoms with E-state index in [-0.39, 0.29) is 28.9 Å². The van der Waals surface area contributed by atoms with Gasteiger partial charge in [0.15, 0.2) is 10.8 Å². The number of rotatable bonds is 3. The van der Waals surface area contributed by atoms with Crippen molar-refractivity contribution in [3.63, 3.8) is 0 Å². The molecule has 4 rings (SSSR count). The number of aliphatic hydroxyl groups is 1. The topological polar surface area (TPSA) is 122 Å². The van der Waals surface area contributed by atoms with E-state index in [2.05, 4.69) is 20.3 Å². The van der Waals surface area contributed by atoms with Crippen LogP contribution in [0.1, 0.15) is 31.7 Å². The van der Waals surface area contributed by atoms with Crippen LogP contribution in [0.3, 0.4) is 0 Å². The summed E-state index contributed by atoms with van der Waals surface area (Å²) in [7, 11) is 0. The minimum absolute atomic E-state index is 0.0733. The Bertz CT molecular complexity index is 1060. The zero-order valence-corrected chi connectivity index (χ0v) is 15.0. The summed E-state index contributed by atoms with van der Waals surface area (Å²) in [4.78, 5) is 23.7. The standard InChI is InChI=1S/C17H18ClFN6O2/c18-14-13-15(25(17(27)22-13)9-2-4-10(26)5-3-9)24-16(23-14)21-12-7-8(19)1-6-11(12)20/h1,6-7,9-10,26H,2-5,20H2,(H,22,27)(H,21,23,24)/t9-,10-. The van der Waals surface area contributed by atoms with E-state index in [0.29, 0.717) is 48.2 Å². The number of imidazole rings is 1. The normalized spacial score (nSPS) is 20.1. The molecule has 0 unspecified atom stereocenters. The first-order chi connectivity index (χ1) is 12.9. The Balaban J connectivity index is 1.77. The van der Waals surface area contributed by atoms with Crippen LogP contribution in [-0.2, 0) is 0 Å². The fraction of sp³-hybridized carbons (Fsp3) is 0.353. The lowest BCUT2D eigenvalue weighted by atomic mass is 9.93. The third-order valence-corrected chi connectivity index (χ3v) is 5.09. The van der Waals surface area contributed by atoms with Crippen LogP contribution < -0.4 is 16.7 Å². The van der Waals surface area contributed by atoms with Gasteiger partial charge in [-0.1, -0.05) is 11.6 Å². The number of fused-ring (bicyclic) bond motifs is 1. The van der Waals surface area contributed by atoms with Gasteiger partial charge in [0.2, 0.25) is 5.95 Å². The largest absolute Gasteiger partial charge is 0.397 e. The SMILES string of the molecule is Nc1ccc(F)cc1Nc1nc(Cl)c2[nH]c(=O)n([C@H]3CC[C@H](O)CC3)c2n1. The smallest absolute Gasteiger partial charge is 0.328 e. The first-order valence-electron chi connectivity index (χ1n) is 8.60. The number of nitrogen functional groups attached to an aromatic ring is 1. The molecule has 0 radical (unpaired) electrons. The Kier molecular flexibility index (Phi) is 4.48. The lowest BCUT2D eigenvalue weighted by Gasteiger charge is -2.26. The first-order valence-corrected chi connectivity index (χ1v) is 8.98. The second-order valence-electron chi connectivity index (χ2n) is 6.66. The Morgan fingerprint density at radius 2 is 2.04 bits per heavy atom. The summed E-state index contributed by atoms with van der Waals surface area (Å²) in [5, 5.41) is 12.6. The van der Waals surface area contributed by atoms with E-state index in [1.54, 1.807) is 4.57 Å². The molecule has 27 heavy (non-hydrogen) atoms. The van der Waals surface area contributed by atoms with E-state index in [1.807, 2.05) is 0 Å². The minimum atomic E-state index is -0.460. The molecule has 0 bridgehead atoms. The molecule has 0 amide bonds. The van der Waals surface area contributed by atoms with Crippen LogP contribution in [0.2, 0.25) is 5.15 Å². The molecule has 1 saturated carbocycles. The van der Waals surface area contributed by atoms with Crippen molar-refractivity contribution in [2.24, 2.45) is 0 Å². The Morgan fingerprint density at radius 3 is 2.78 bits per heavy atom. The van der Waals surface area contributed by atoms with E-state index < -0.39 is 5.82 Å². The van der Waals surface area contributed by atoms with Gasteiger partial charge in [-0.15, -0.1) is 0 Å². The summed E-state index contributed by atoms with van der Waals surface area (Å²) in [5.74, 6) is -0.355. The highest BCUT2D eigenvalue weighted by Gasteiger charge is 2.25. The van der Waals surface area contributed by atoms with E-state index in [0.717, 1.165) is 0 Å². The van der Waals surface area contributed by atoms with E-state index in [9.17, 15) is 14.3 Å². The molecular formula is C17H18ClFN6O2. The number of benzene rings is 1. The van der Waals surface area contributed by atoms with Crippen molar-refractivity contribution in [3.05, 3.63) is 39.7 Å². The number of nitrogens with two attached hydrogens (primary N) is 1. The molecule has 0 aliphatic heterocycles. The van der Waals surface area contributed by atoms with Crippen molar-refractivity contribution in [2.75, 3.05) is 11.1 Å². The zero-order chi connectivity index (χ0) is 19.1. The van der Waals surface area contributed by atoms with Gasteiger partial charge >= 0.3 is 5.69 Å². The Morgan fingerprint density at radius 1 is 1.30 bits per heavy atom. The molecule has 2 aromatic heterocycles. The average Bonchev–Trinajstić information content (AvgIpc) is 2.96. The number of hydrogen-bond acceptors (Lipinski definition) is 6. The second kappa shape index (κ2) is 6.82. The molecule has 8 nitrogen and oxygen atoms in total. The van der Waals surface area contributed by atoms with Crippen molar-refractivity contribution in [3.8, 4) is 0 Å². The van der Waals surface area contributed by atoms with Gasteiger partial charge in [0.05, 0.1) is 17.5 Å². The molecule has 1 aromatic carbocycles. The van der Waals surface area contributed by atoms with Gasteiger partial charge < -0.3 is 21.1 Å². The predicted octanol–water partition coefficient (Wildman–Crippen LogP) is 2.71. The van der Waals surface area contributed by atoms with Gasteiger partial charge in [0.1, 0.15) is 11.3 Å². The summed E-state index contributed by atoms with van der Waals surface area (Å²) in [5.41, 5.74) is 6.84. The highest BCUT2D eigenvalue weighted by molar-refractivity contribution is 6.33. The number of nitrogens with one attached hydrogen (secondary N) is 2. The first kappa shape index (κ1) is 17.7. The fourth-order valence-corrected chi connectivity index (χ4v) is 3.65. The summed E-state index contributed by atoms with van der Waals surface area (Å²) in [6, 6.07) is 3.81. The van der Waals surface area contributed by atoms with Gasteiger partial charge in [0.25, 0.3) is 0 Å². The summed E-state index contributed by atoms with van der Waals surface area (Å²) in [6.07, 6.45) is 2.22. The van der Waals surface area contributed by atoms with Crippen molar-refractivity contribution >= 4 is 40.1 Å². The third-order valence-electron chi connectivity index (χ3n) is 4.82. The fourth-order valence-electron chi connectivity index (χ4n) is 3.44. The number of hydrogen-bond donors (Lipinski definition) is 4. The van der Waals surface area contributed by atoms with Crippen LogP contribution >= 0.6 is 11.6 Å². The van der Waals surface area contributed by atoms with Gasteiger partial charge in [0, 0.05) is 6.04 Å². The Labute approximate surface area is 158 Å². The molecule has 0 atom stereocenters. The van der Waals surface area contributed by atoms with E-state index in [4.69, 9.17) is 17.3 Å². The maximum Gasteiger partial charge on any atom is 0.328 e. The summed E-state index contributed by atoms with van der Waals surface area (Å²) in [6.45, 7) is 0. The number of aromatic amines is 1. The molecule has 1 aliphatic rings. The van der Waals surface area contributed by atoms with Gasteiger partial charge in [-0.25, -0.2) is 9.18 Å². The van der Waals surface area contributed by atoms with E-state index in [1.165, 1.54) is 18.2 Å². The van der Waals surface area contributed by atoms with Crippen molar-refractivity contribution in [1.29, 1.82) is 0 Å². The number of H-pyrrole nitrogens is 1. The molecular weight excluding hydrogens is 375 g/mol. The highest BCUT2D eigenvalue weighted by atomic mass is 35.5. The highest BCUT2D eigenvalue weighted by Crippen LogP contribution is 2.31. The average molecular weight is 393 g/mol. The number of nitrogens with zero attached hydrogens (tertiary/aromatic N) is 3. The van der Waals surface area contributed by atoms with Gasteiger partial charge in [-0.3, -0.25) is 4.57 Å². The maximum absolute atomic E-state index is 13.5. The van der Waals surface area contributed by atoms with Gasteiger partial charge in [-0.2, -0.15) is 9.97 Å². The molecule has 3 aromatic rings. The third kappa shape index (κ3) is 3.35. The number of aliphatic hydroxyl groups excluding tert-OH is 1. The molecule has 2 heterocycles. The molecule has 142 valence electrons. The maximum atomic E-state index is 13.5. The van der Waals surface area contributed by atoms with E-state index >= 15 is 0 Å². The van der Waals surface area contributed by atoms with Crippen molar-refractivity contribution < 1.29 is 9.50 Å². The molecule has 0 spiro atoms. The molecule has 1 fully saturated rings. The predicted molar refractivity (Wildman–Crippen MR) is 101 cm³/mol. The zero-order valence-electron chi connectivity index (χ0n) is 14.2. The summed E-state index contributed by atoms with van der Waals surface area (Å²) < 4.78 is 15.0. The molecule has 0 saturated heterocycles. The van der Waals surface area contributed by atoms with Crippen LogP contribution in [-0.4, -0.2) is 30.7 Å². The molecule has 10 heteroatoms. The lowest BCUT2D eigenvalue weighted by molar-refractivity contribution is 0.111.